The van der Waals surface area contributed by atoms with Crippen LogP contribution in [0.4, 0.5) is 5.82 Å². The van der Waals surface area contributed by atoms with Crippen LogP contribution in [0, 0.1) is 0 Å². The minimum atomic E-state index is 0.161. The third-order valence-electron chi connectivity index (χ3n) is 5.12. The number of pyridine rings is 1. The minimum Gasteiger partial charge on any atom is -0.492 e. The lowest BCUT2D eigenvalue weighted by atomic mass is 9.99. The highest BCUT2D eigenvalue weighted by molar-refractivity contribution is 5.69. The Morgan fingerprint density at radius 1 is 1.12 bits per heavy atom. The van der Waals surface area contributed by atoms with Crippen molar-refractivity contribution in [3.05, 3.63) is 41.5 Å². The maximum absolute atomic E-state index is 6.14. The number of benzene rings is 1. The van der Waals surface area contributed by atoms with Crippen LogP contribution in [0.1, 0.15) is 38.3 Å². The Kier molecular flexibility index (Phi) is 5.00. The summed E-state index contributed by atoms with van der Waals surface area (Å²) in [6, 6.07) is 10.1. The SMILES string of the molecule is CN(CCOc1ccc(-c2cccc(N)n2)c2c1CCC2)C(C)(C)C. The van der Waals surface area contributed by atoms with Crippen LogP contribution in [0.2, 0.25) is 0 Å². The first kappa shape index (κ1) is 17.7. The van der Waals surface area contributed by atoms with E-state index in [2.05, 4.69) is 49.8 Å². The van der Waals surface area contributed by atoms with E-state index in [1.54, 1.807) is 0 Å². The van der Waals surface area contributed by atoms with Crippen molar-refractivity contribution in [3.63, 3.8) is 0 Å². The summed E-state index contributed by atoms with van der Waals surface area (Å²) in [4.78, 5) is 6.81. The molecule has 134 valence electrons. The number of hydrogen-bond acceptors (Lipinski definition) is 4. The summed E-state index contributed by atoms with van der Waals surface area (Å²) >= 11 is 0. The lowest BCUT2D eigenvalue weighted by molar-refractivity contribution is 0.144. The van der Waals surface area contributed by atoms with Crippen LogP contribution in [-0.2, 0) is 12.8 Å². The fourth-order valence-electron chi connectivity index (χ4n) is 3.28. The summed E-state index contributed by atoms with van der Waals surface area (Å²) in [6.45, 7) is 8.28. The summed E-state index contributed by atoms with van der Waals surface area (Å²) in [5, 5.41) is 0. The van der Waals surface area contributed by atoms with Gasteiger partial charge < -0.3 is 10.5 Å². The summed E-state index contributed by atoms with van der Waals surface area (Å²) in [6.07, 6.45) is 3.34. The fraction of sp³-hybridized carbons (Fsp3) is 0.476. The number of nitrogens with two attached hydrogens (primary N) is 1. The van der Waals surface area contributed by atoms with Gasteiger partial charge in [0.05, 0.1) is 5.69 Å². The van der Waals surface area contributed by atoms with E-state index in [4.69, 9.17) is 10.5 Å². The molecule has 0 saturated carbocycles. The molecule has 0 atom stereocenters. The van der Waals surface area contributed by atoms with Crippen molar-refractivity contribution < 1.29 is 4.74 Å². The van der Waals surface area contributed by atoms with E-state index in [1.165, 1.54) is 23.1 Å². The minimum absolute atomic E-state index is 0.161. The fourth-order valence-corrected chi connectivity index (χ4v) is 3.28. The third-order valence-corrected chi connectivity index (χ3v) is 5.12. The van der Waals surface area contributed by atoms with Crippen LogP contribution in [-0.4, -0.2) is 35.6 Å². The predicted octanol–water partition coefficient (Wildman–Crippen LogP) is 3.93. The van der Waals surface area contributed by atoms with E-state index in [1.807, 2.05) is 18.2 Å². The summed E-state index contributed by atoms with van der Waals surface area (Å²) < 4.78 is 6.14. The van der Waals surface area contributed by atoms with Crippen molar-refractivity contribution in [2.24, 2.45) is 0 Å². The van der Waals surface area contributed by atoms with E-state index in [-0.39, 0.29) is 5.54 Å². The topological polar surface area (TPSA) is 51.4 Å². The molecular weight excluding hydrogens is 310 g/mol. The van der Waals surface area contributed by atoms with E-state index in [0.717, 1.165) is 30.8 Å². The van der Waals surface area contributed by atoms with Gasteiger partial charge in [0.2, 0.25) is 0 Å². The molecule has 2 aromatic rings. The molecule has 4 nitrogen and oxygen atoms in total. The monoisotopic (exact) mass is 339 g/mol. The quantitative estimate of drug-likeness (QED) is 0.897. The van der Waals surface area contributed by atoms with Crippen LogP contribution in [0.5, 0.6) is 5.75 Å². The first-order chi connectivity index (χ1) is 11.9. The van der Waals surface area contributed by atoms with Crippen LogP contribution >= 0.6 is 0 Å². The molecule has 1 aliphatic rings. The highest BCUT2D eigenvalue weighted by atomic mass is 16.5. The average Bonchev–Trinajstić information content (AvgIpc) is 3.03. The van der Waals surface area contributed by atoms with E-state index in [0.29, 0.717) is 12.4 Å². The molecule has 0 saturated heterocycles. The normalized spacial score (nSPS) is 14.0. The Bertz CT molecular complexity index is 749. The molecule has 4 heteroatoms. The number of fused-ring (bicyclic) bond motifs is 1. The van der Waals surface area contributed by atoms with Gasteiger partial charge in [0.1, 0.15) is 18.2 Å². The van der Waals surface area contributed by atoms with Gasteiger partial charge in [0, 0.05) is 17.6 Å². The maximum Gasteiger partial charge on any atom is 0.124 e. The number of nitrogens with zero attached hydrogens (tertiary/aromatic N) is 2. The van der Waals surface area contributed by atoms with Crippen molar-refractivity contribution in [1.82, 2.24) is 9.88 Å². The zero-order valence-electron chi connectivity index (χ0n) is 15.8. The second-order valence-electron chi connectivity index (χ2n) is 7.81. The molecular formula is C21H29N3O. The van der Waals surface area contributed by atoms with Crippen molar-refractivity contribution in [3.8, 4) is 17.0 Å². The molecule has 1 aromatic carbocycles. The number of hydrogen-bond donors (Lipinski definition) is 1. The lowest BCUT2D eigenvalue weighted by Gasteiger charge is -2.31. The highest BCUT2D eigenvalue weighted by Gasteiger charge is 2.21. The maximum atomic E-state index is 6.14. The zero-order chi connectivity index (χ0) is 18.0. The lowest BCUT2D eigenvalue weighted by Crippen LogP contribution is -2.40. The summed E-state index contributed by atoms with van der Waals surface area (Å²) in [5.41, 5.74) is 10.9. The van der Waals surface area contributed by atoms with Gasteiger partial charge in [-0.2, -0.15) is 0 Å². The Morgan fingerprint density at radius 2 is 1.88 bits per heavy atom. The Balaban J connectivity index is 1.78. The molecule has 0 unspecified atom stereocenters. The average molecular weight is 339 g/mol. The zero-order valence-corrected chi connectivity index (χ0v) is 15.8. The second-order valence-corrected chi connectivity index (χ2v) is 7.81. The summed E-state index contributed by atoms with van der Waals surface area (Å²) in [7, 11) is 2.14. The van der Waals surface area contributed by atoms with E-state index >= 15 is 0 Å². The van der Waals surface area contributed by atoms with E-state index in [9.17, 15) is 0 Å². The van der Waals surface area contributed by atoms with Gasteiger partial charge in [-0.1, -0.05) is 6.07 Å². The summed E-state index contributed by atoms with van der Waals surface area (Å²) in [5.74, 6) is 1.59. The third kappa shape index (κ3) is 3.96. The van der Waals surface area contributed by atoms with Gasteiger partial charge in [-0.3, -0.25) is 4.90 Å². The Hall–Kier alpha value is -2.07. The molecule has 25 heavy (non-hydrogen) atoms. The van der Waals surface area contributed by atoms with Crippen molar-refractivity contribution in [2.45, 2.75) is 45.6 Å². The van der Waals surface area contributed by atoms with Crippen molar-refractivity contribution in [2.75, 3.05) is 25.9 Å². The molecule has 0 radical (unpaired) electrons. The molecule has 1 heterocycles. The van der Waals surface area contributed by atoms with E-state index < -0.39 is 0 Å². The van der Waals surface area contributed by atoms with Crippen molar-refractivity contribution >= 4 is 5.82 Å². The van der Waals surface area contributed by atoms with Crippen LogP contribution in [0.15, 0.2) is 30.3 Å². The van der Waals surface area contributed by atoms with Gasteiger partial charge in [0.15, 0.2) is 0 Å². The van der Waals surface area contributed by atoms with Crippen LogP contribution in [0.25, 0.3) is 11.3 Å². The number of likely N-dealkylation sites (N-methyl/N-ethyl adjacent to an activating group) is 1. The highest BCUT2D eigenvalue weighted by Crippen LogP contribution is 2.37. The number of rotatable bonds is 5. The number of anilines is 1. The largest absolute Gasteiger partial charge is 0.492 e. The molecule has 0 bridgehead atoms. The van der Waals surface area contributed by atoms with Crippen molar-refractivity contribution in [1.29, 1.82) is 0 Å². The Labute approximate surface area is 151 Å². The predicted molar refractivity (Wildman–Crippen MR) is 104 cm³/mol. The smallest absolute Gasteiger partial charge is 0.124 e. The van der Waals surface area contributed by atoms with Gasteiger partial charge in [-0.05, 0) is 82.5 Å². The standard InChI is InChI=1S/C21H29N3O/c1-21(2,3)24(4)13-14-25-19-12-11-16(15-7-5-8-17(15)19)18-9-6-10-20(22)23-18/h6,9-12H,5,7-8,13-14H2,1-4H3,(H2,22,23). The van der Waals surface area contributed by atoms with Gasteiger partial charge in [0.25, 0.3) is 0 Å². The molecule has 0 aliphatic heterocycles. The molecule has 1 aromatic heterocycles. The molecule has 0 fully saturated rings. The Morgan fingerprint density at radius 3 is 2.60 bits per heavy atom. The van der Waals surface area contributed by atoms with Gasteiger partial charge >= 0.3 is 0 Å². The molecule has 3 rings (SSSR count). The number of aromatic nitrogens is 1. The van der Waals surface area contributed by atoms with Crippen LogP contribution in [0.3, 0.4) is 0 Å². The van der Waals surface area contributed by atoms with Crippen LogP contribution < -0.4 is 10.5 Å². The molecule has 1 aliphatic carbocycles. The second kappa shape index (κ2) is 7.04. The first-order valence-corrected chi connectivity index (χ1v) is 9.08. The molecule has 0 spiro atoms. The number of nitrogen functional groups attached to an aromatic ring is 1. The molecule has 0 amide bonds. The number of ether oxygens (including phenoxy) is 1. The van der Waals surface area contributed by atoms with Gasteiger partial charge in [-0.15, -0.1) is 0 Å². The van der Waals surface area contributed by atoms with Gasteiger partial charge in [-0.25, -0.2) is 4.98 Å². The first-order valence-electron chi connectivity index (χ1n) is 9.08. The molecule has 2 N–H and O–H groups in total.